The first-order valence-electron chi connectivity index (χ1n) is 5.40. The molecule has 94 valence electrons. The monoisotopic (exact) mass is 281 g/mol. The Morgan fingerprint density at radius 2 is 2.28 bits per heavy atom. The number of carbonyl (C=O) groups is 1. The van der Waals surface area contributed by atoms with Gasteiger partial charge < -0.3 is 5.32 Å². The van der Waals surface area contributed by atoms with Crippen molar-refractivity contribution >= 4 is 28.8 Å². The molecule has 0 bridgehead atoms. The quantitative estimate of drug-likeness (QED) is 0.941. The lowest BCUT2D eigenvalue weighted by atomic mass is 10.2. The molecule has 1 N–H and O–H groups in total. The minimum absolute atomic E-state index is 0.138. The summed E-state index contributed by atoms with van der Waals surface area (Å²) in [5, 5.41) is 4.09. The number of pyridine rings is 1. The number of carbonyl (C=O) groups excluding carboxylic acids is 1. The van der Waals surface area contributed by atoms with Crippen LogP contribution in [0.5, 0.6) is 0 Å². The van der Waals surface area contributed by atoms with Gasteiger partial charge >= 0.3 is 0 Å². The summed E-state index contributed by atoms with van der Waals surface area (Å²) >= 11 is 7.48. The van der Waals surface area contributed by atoms with Crippen LogP contribution in [0.2, 0.25) is 5.02 Å². The number of hydrogen-bond donors (Lipinski definition) is 1. The van der Waals surface area contributed by atoms with Gasteiger partial charge in [0.25, 0.3) is 5.91 Å². The highest BCUT2D eigenvalue weighted by Gasteiger charge is 2.15. The van der Waals surface area contributed by atoms with Crippen LogP contribution >= 0.6 is 22.9 Å². The van der Waals surface area contributed by atoms with Crippen LogP contribution in [0.25, 0.3) is 0 Å². The van der Waals surface area contributed by atoms with Crippen LogP contribution in [0.15, 0.2) is 24.7 Å². The number of aryl methyl sites for hydroxylation is 1. The van der Waals surface area contributed by atoms with Gasteiger partial charge in [-0.25, -0.2) is 4.98 Å². The summed E-state index contributed by atoms with van der Waals surface area (Å²) in [6.07, 6.45) is 4.79. The number of rotatable bonds is 3. The summed E-state index contributed by atoms with van der Waals surface area (Å²) in [5.41, 5.74) is 0.423. The first-order valence-corrected chi connectivity index (χ1v) is 6.60. The second-order valence-corrected chi connectivity index (χ2v) is 5.53. The lowest BCUT2D eigenvalue weighted by molar-refractivity contribution is 0.0940. The molecular formula is C12H12ClN3OS. The van der Waals surface area contributed by atoms with Gasteiger partial charge in [0.1, 0.15) is 5.01 Å². The summed E-state index contributed by atoms with van der Waals surface area (Å²) in [7, 11) is 0. The molecular weight excluding hydrogens is 270 g/mol. The van der Waals surface area contributed by atoms with Crippen molar-refractivity contribution in [2.45, 2.75) is 19.9 Å². The van der Waals surface area contributed by atoms with Gasteiger partial charge in [-0.15, -0.1) is 11.3 Å². The molecule has 2 aromatic heterocycles. The van der Waals surface area contributed by atoms with E-state index in [1.54, 1.807) is 29.8 Å². The molecule has 1 atom stereocenters. The number of nitrogens with zero attached hydrogens (tertiary/aromatic N) is 2. The van der Waals surface area contributed by atoms with Gasteiger partial charge in [-0.1, -0.05) is 11.6 Å². The second kappa shape index (κ2) is 5.46. The Morgan fingerprint density at radius 1 is 1.50 bits per heavy atom. The van der Waals surface area contributed by atoms with E-state index in [-0.39, 0.29) is 11.9 Å². The average molecular weight is 282 g/mol. The van der Waals surface area contributed by atoms with Gasteiger partial charge in [0.15, 0.2) is 0 Å². The average Bonchev–Trinajstić information content (AvgIpc) is 2.76. The van der Waals surface area contributed by atoms with E-state index in [2.05, 4.69) is 15.3 Å². The normalized spacial score (nSPS) is 12.2. The van der Waals surface area contributed by atoms with Crippen molar-refractivity contribution in [3.8, 4) is 0 Å². The Balaban J connectivity index is 2.10. The van der Waals surface area contributed by atoms with Crippen LogP contribution in [-0.2, 0) is 0 Å². The van der Waals surface area contributed by atoms with E-state index in [1.165, 1.54) is 6.20 Å². The van der Waals surface area contributed by atoms with E-state index in [4.69, 9.17) is 11.6 Å². The van der Waals surface area contributed by atoms with Crippen LogP contribution in [0, 0.1) is 6.92 Å². The molecule has 0 aliphatic carbocycles. The number of halogens is 1. The Morgan fingerprint density at radius 3 is 2.89 bits per heavy atom. The van der Waals surface area contributed by atoms with Crippen molar-refractivity contribution in [1.82, 2.24) is 15.3 Å². The predicted molar refractivity (Wildman–Crippen MR) is 72.0 cm³/mol. The van der Waals surface area contributed by atoms with E-state index in [0.29, 0.717) is 10.6 Å². The SMILES string of the molecule is Cc1cnc(C(C)NC(=O)c2ccncc2Cl)s1. The number of aromatic nitrogens is 2. The third-order valence-corrected chi connectivity index (χ3v) is 3.77. The van der Waals surface area contributed by atoms with Crippen LogP contribution in [0.1, 0.15) is 33.2 Å². The van der Waals surface area contributed by atoms with Crippen molar-refractivity contribution in [1.29, 1.82) is 0 Å². The van der Waals surface area contributed by atoms with Gasteiger partial charge in [-0.05, 0) is 19.9 Å². The lowest BCUT2D eigenvalue weighted by Gasteiger charge is -2.11. The molecule has 0 fully saturated rings. The van der Waals surface area contributed by atoms with E-state index in [9.17, 15) is 4.79 Å². The van der Waals surface area contributed by atoms with Gasteiger partial charge in [0.05, 0.1) is 16.6 Å². The fraction of sp³-hybridized carbons (Fsp3) is 0.250. The molecule has 0 aromatic carbocycles. The van der Waals surface area contributed by atoms with Crippen molar-refractivity contribution in [2.24, 2.45) is 0 Å². The molecule has 0 aliphatic heterocycles. The molecule has 2 heterocycles. The van der Waals surface area contributed by atoms with E-state index in [1.807, 2.05) is 13.8 Å². The molecule has 18 heavy (non-hydrogen) atoms. The molecule has 4 nitrogen and oxygen atoms in total. The highest BCUT2D eigenvalue weighted by Crippen LogP contribution is 2.20. The molecule has 0 saturated carbocycles. The van der Waals surface area contributed by atoms with Crippen LogP contribution in [0.4, 0.5) is 0 Å². The molecule has 0 radical (unpaired) electrons. The van der Waals surface area contributed by atoms with Crippen molar-refractivity contribution in [3.63, 3.8) is 0 Å². The van der Waals surface area contributed by atoms with Crippen LogP contribution < -0.4 is 5.32 Å². The Hall–Kier alpha value is -1.46. The first kappa shape index (κ1) is 13.0. The molecule has 1 amide bonds. The van der Waals surface area contributed by atoms with Crippen LogP contribution in [-0.4, -0.2) is 15.9 Å². The molecule has 0 saturated heterocycles. The Bertz CT molecular complexity index is 570. The van der Waals surface area contributed by atoms with Gasteiger partial charge in [0, 0.05) is 23.5 Å². The summed E-state index contributed by atoms with van der Waals surface area (Å²) in [5.74, 6) is -0.220. The number of hydrogen-bond acceptors (Lipinski definition) is 4. The lowest BCUT2D eigenvalue weighted by Crippen LogP contribution is -2.26. The fourth-order valence-corrected chi connectivity index (χ4v) is 2.45. The highest BCUT2D eigenvalue weighted by atomic mass is 35.5. The van der Waals surface area contributed by atoms with E-state index in [0.717, 1.165) is 9.88 Å². The zero-order valence-corrected chi connectivity index (χ0v) is 11.5. The minimum Gasteiger partial charge on any atom is -0.343 e. The van der Waals surface area contributed by atoms with E-state index < -0.39 is 0 Å². The van der Waals surface area contributed by atoms with Crippen LogP contribution in [0.3, 0.4) is 0 Å². The summed E-state index contributed by atoms with van der Waals surface area (Å²) in [4.78, 5) is 21.2. The Kier molecular flexibility index (Phi) is 3.93. The minimum atomic E-state index is -0.220. The standard InChI is InChI=1S/C12H12ClN3OS/c1-7-5-15-12(18-7)8(2)16-11(17)9-3-4-14-6-10(9)13/h3-6,8H,1-2H3,(H,16,17). The molecule has 6 heteroatoms. The summed E-state index contributed by atoms with van der Waals surface area (Å²) in [6.45, 7) is 3.88. The number of amides is 1. The molecule has 0 aliphatic rings. The highest BCUT2D eigenvalue weighted by molar-refractivity contribution is 7.11. The largest absolute Gasteiger partial charge is 0.343 e. The van der Waals surface area contributed by atoms with E-state index >= 15 is 0 Å². The second-order valence-electron chi connectivity index (χ2n) is 3.86. The number of thiazole rings is 1. The third-order valence-electron chi connectivity index (χ3n) is 2.37. The first-order chi connectivity index (χ1) is 8.58. The molecule has 1 unspecified atom stereocenters. The Labute approximate surface area is 114 Å². The molecule has 2 aromatic rings. The maximum Gasteiger partial charge on any atom is 0.253 e. The van der Waals surface area contributed by atoms with Gasteiger partial charge in [-0.3, -0.25) is 9.78 Å². The van der Waals surface area contributed by atoms with Crippen molar-refractivity contribution < 1.29 is 4.79 Å². The molecule has 2 rings (SSSR count). The van der Waals surface area contributed by atoms with Gasteiger partial charge in [0.2, 0.25) is 0 Å². The predicted octanol–water partition coefficient (Wildman–Crippen LogP) is 2.99. The topological polar surface area (TPSA) is 54.9 Å². The summed E-state index contributed by atoms with van der Waals surface area (Å²) < 4.78 is 0. The smallest absolute Gasteiger partial charge is 0.253 e. The zero-order chi connectivity index (χ0) is 13.1. The van der Waals surface area contributed by atoms with Crippen molar-refractivity contribution in [2.75, 3.05) is 0 Å². The zero-order valence-electron chi connectivity index (χ0n) is 9.98. The maximum atomic E-state index is 12.0. The number of nitrogens with one attached hydrogen (secondary N) is 1. The fourth-order valence-electron chi connectivity index (χ4n) is 1.47. The third kappa shape index (κ3) is 2.86. The van der Waals surface area contributed by atoms with Gasteiger partial charge in [-0.2, -0.15) is 0 Å². The maximum absolute atomic E-state index is 12.0. The molecule has 0 spiro atoms. The summed E-state index contributed by atoms with van der Waals surface area (Å²) in [6, 6.07) is 1.46. The van der Waals surface area contributed by atoms with Crippen molar-refractivity contribution in [3.05, 3.63) is 45.1 Å².